The third kappa shape index (κ3) is 6.10. The van der Waals surface area contributed by atoms with E-state index in [0.717, 1.165) is 17.2 Å². The number of aryl methyl sites for hydroxylation is 2. The van der Waals surface area contributed by atoms with Crippen LogP contribution in [0.15, 0.2) is 45.1 Å². The van der Waals surface area contributed by atoms with Crippen molar-refractivity contribution in [2.45, 2.75) is 41.0 Å². The van der Waals surface area contributed by atoms with Gasteiger partial charge < -0.3 is 29.2 Å². The minimum atomic E-state index is -0.581. The van der Waals surface area contributed by atoms with Crippen LogP contribution in [0.3, 0.4) is 0 Å². The topological polar surface area (TPSA) is 126 Å². The van der Waals surface area contributed by atoms with Gasteiger partial charge in [0.25, 0.3) is 0 Å². The molecule has 0 aliphatic rings. The number of aromatic hydroxyl groups is 3. The molecular weight excluding hydrogens is 440 g/mol. The molecule has 8 heteroatoms. The number of fused-ring (bicyclic) bond motifs is 1. The second kappa shape index (κ2) is 11.3. The van der Waals surface area contributed by atoms with Gasteiger partial charge in [0.2, 0.25) is 0 Å². The van der Waals surface area contributed by atoms with E-state index in [4.69, 9.17) is 19.0 Å². The van der Waals surface area contributed by atoms with Crippen LogP contribution >= 0.6 is 0 Å². The number of esters is 1. The molecule has 8 nitrogen and oxygen atoms in total. The lowest BCUT2D eigenvalue weighted by molar-refractivity contribution is 0.0522. The zero-order valence-corrected chi connectivity index (χ0v) is 20.2. The molecule has 0 atom stereocenters. The highest BCUT2D eigenvalue weighted by molar-refractivity contribution is 5.94. The minimum absolute atomic E-state index is 0.0759. The summed E-state index contributed by atoms with van der Waals surface area (Å²) < 4.78 is 15.7. The average molecular weight is 471 g/mol. The molecular formula is C26H30O8. The molecule has 0 saturated heterocycles. The second-order valence-corrected chi connectivity index (χ2v) is 7.86. The number of carbonyl (C=O) groups excluding carboxylic acids is 1. The van der Waals surface area contributed by atoms with Crippen molar-refractivity contribution >= 4 is 16.9 Å². The summed E-state index contributed by atoms with van der Waals surface area (Å²) in [4.78, 5) is 23.4. The van der Waals surface area contributed by atoms with Gasteiger partial charge in [-0.2, -0.15) is 0 Å². The Balaban J connectivity index is 0.000000257. The number of phenols is 3. The molecule has 2 aromatic carbocycles. The van der Waals surface area contributed by atoms with Crippen LogP contribution in [0.1, 0.15) is 48.0 Å². The first-order chi connectivity index (χ1) is 16.0. The van der Waals surface area contributed by atoms with Crippen molar-refractivity contribution in [3.63, 3.8) is 0 Å². The molecule has 1 heterocycles. The van der Waals surface area contributed by atoms with Gasteiger partial charge in [0, 0.05) is 23.8 Å². The molecule has 0 bridgehead atoms. The molecule has 3 aromatic rings. The number of allylic oxidation sites excluding steroid dienone is 2. The summed E-state index contributed by atoms with van der Waals surface area (Å²) in [5, 5.41) is 28.7. The van der Waals surface area contributed by atoms with E-state index < -0.39 is 5.97 Å². The molecule has 3 N–H and O–H groups in total. The molecule has 0 saturated carbocycles. The van der Waals surface area contributed by atoms with E-state index in [1.165, 1.54) is 25.3 Å². The summed E-state index contributed by atoms with van der Waals surface area (Å²) in [6.07, 6.45) is 2.60. The summed E-state index contributed by atoms with van der Waals surface area (Å²) in [6.45, 7) is 9.25. The van der Waals surface area contributed by atoms with E-state index in [1.54, 1.807) is 20.8 Å². The second-order valence-electron chi connectivity index (χ2n) is 7.86. The molecule has 0 unspecified atom stereocenters. The number of hydrogen-bond donors (Lipinski definition) is 3. The van der Waals surface area contributed by atoms with Gasteiger partial charge in [-0.05, 0) is 52.7 Å². The molecule has 3 rings (SSSR count). The maximum Gasteiger partial charge on any atom is 0.342 e. The molecule has 0 amide bonds. The van der Waals surface area contributed by atoms with Crippen LogP contribution in [0.5, 0.6) is 23.0 Å². The summed E-state index contributed by atoms with van der Waals surface area (Å²) in [5.41, 5.74) is 2.66. The molecule has 0 fully saturated rings. The fourth-order valence-electron chi connectivity index (χ4n) is 3.36. The van der Waals surface area contributed by atoms with E-state index in [0.29, 0.717) is 29.1 Å². The lowest BCUT2D eigenvalue weighted by Gasteiger charge is -2.11. The fourth-order valence-corrected chi connectivity index (χ4v) is 3.36. The van der Waals surface area contributed by atoms with Gasteiger partial charge >= 0.3 is 5.97 Å². The van der Waals surface area contributed by atoms with Gasteiger partial charge in [-0.3, -0.25) is 4.79 Å². The first-order valence-corrected chi connectivity index (χ1v) is 10.7. The number of ether oxygens (including phenoxy) is 2. The Morgan fingerprint density at radius 1 is 1.06 bits per heavy atom. The molecule has 0 aliphatic carbocycles. The number of benzene rings is 2. The number of hydrogen-bond acceptors (Lipinski definition) is 8. The number of phenolic OH excluding ortho intramolecular Hbond substituents is 3. The van der Waals surface area contributed by atoms with E-state index >= 15 is 0 Å². The van der Waals surface area contributed by atoms with Gasteiger partial charge in [-0.1, -0.05) is 11.6 Å². The molecule has 182 valence electrons. The monoisotopic (exact) mass is 470 g/mol. The lowest BCUT2D eigenvalue weighted by Crippen LogP contribution is -2.06. The molecule has 34 heavy (non-hydrogen) atoms. The maximum absolute atomic E-state index is 12.0. The smallest absolute Gasteiger partial charge is 0.342 e. The van der Waals surface area contributed by atoms with E-state index in [2.05, 4.69) is 0 Å². The van der Waals surface area contributed by atoms with Crippen molar-refractivity contribution in [3.05, 3.63) is 68.6 Å². The Bertz CT molecular complexity index is 1260. The van der Waals surface area contributed by atoms with E-state index in [9.17, 15) is 19.8 Å². The van der Waals surface area contributed by atoms with Gasteiger partial charge in [0.05, 0.1) is 13.7 Å². The highest BCUT2D eigenvalue weighted by atomic mass is 16.5. The Kier molecular flexibility index (Phi) is 8.72. The predicted molar refractivity (Wildman–Crippen MR) is 129 cm³/mol. The largest absolute Gasteiger partial charge is 0.508 e. The lowest BCUT2D eigenvalue weighted by atomic mass is 10.0. The standard InChI is InChI=1S/C16H18O4.C10H12O4/c1-9(2)5-6-11-14(19-4)8-13(18)15-12(17)7-10(3)20-16(11)15;1-3-14-10(13)9-6(2)4-7(11)5-8(9)12/h5,7-8,18H,6H2,1-4H3;4-5,11-12H,3H2,1-2H3. The van der Waals surface area contributed by atoms with Crippen LogP contribution in [0.25, 0.3) is 11.0 Å². The summed E-state index contributed by atoms with van der Waals surface area (Å²) in [5.74, 6) is -0.0158. The molecule has 0 radical (unpaired) electrons. The Morgan fingerprint density at radius 3 is 2.29 bits per heavy atom. The normalized spacial score (nSPS) is 10.3. The van der Waals surface area contributed by atoms with Crippen LogP contribution < -0.4 is 10.2 Å². The maximum atomic E-state index is 12.0. The number of carbonyl (C=O) groups is 1. The van der Waals surface area contributed by atoms with Crippen molar-refractivity contribution in [2.24, 2.45) is 0 Å². The molecule has 1 aromatic heterocycles. The Morgan fingerprint density at radius 2 is 1.74 bits per heavy atom. The predicted octanol–water partition coefficient (Wildman–Crippen LogP) is 4.91. The highest BCUT2D eigenvalue weighted by Gasteiger charge is 2.17. The third-order valence-electron chi connectivity index (χ3n) is 4.88. The van der Waals surface area contributed by atoms with Gasteiger partial charge in [0.15, 0.2) is 5.43 Å². The average Bonchev–Trinajstić information content (AvgIpc) is 2.72. The fraction of sp³-hybridized carbons (Fsp3) is 0.308. The van der Waals surface area contributed by atoms with E-state index in [-0.39, 0.29) is 40.2 Å². The van der Waals surface area contributed by atoms with Gasteiger partial charge in [-0.15, -0.1) is 0 Å². The minimum Gasteiger partial charge on any atom is -0.508 e. The van der Waals surface area contributed by atoms with Crippen LogP contribution in [-0.2, 0) is 11.2 Å². The SMILES string of the molecule is CCOC(=O)c1c(C)cc(O)cc1O.COc1cc(O)c2c(=O)cc(C)oc2c1CC=C(C)C. The van der Waals surface area contributed by atoms with Crippen molar-refractivity contribution in [1.29, 1.82) is 0 Å². The quantitative estimate of drug-likeness (QED) is 0.355. The summed E-state index contributed by atoms with van der Waals surface area (Å²) in [7, 11) is 1.53. The Hall–Kier alpha value is -3.94. The highest BCUT2D eigenvalue weighted by Crippen LogP contribution is 2.34. The van der Waals surface area contributed by atoms with Gasteiger partial charge in [-0.25, -0.2) is 4.79 Å². The summed E-state index contributed by atoms with van der Waals surface area (Å²) in [6, 6.07) is 5.34. The van der Waals surface area contributed by atoms with Gasteiger partial charge in [0.1, 0.15) is 45.3 Å². The van der Waals surface area contributed by atoms with Crippen molar-refractivity contribution in [3.8, 4) is 23.0 Å². The third-order valence-corrected chi connectivity index (χ3v) is 4.88. The van der Waals surface area contributed by atoms with Crippen molar-refractivity contribution in [1.82, 2.24) is 0 Å². The van der Waals surface area contributed by atoms with Crippen LogP contribution in [0, 0.1) is 13.8 Å². The number of methoxy groups -OCH3 is 1. The zero-order chi connectivity index (χ0) is 25.6. The van der Waals surface area contributed by atoms with Crippen molar-refractivity contribution in [2.75, 3.05) is 13.7 Å². The van der Waals surface area contributed by atoms with E-state index in [1.807, 2.05) is 19.9 Å². The van der Waals surface area contributed by atoms with Crippen LogP contribution in [0.2, 0.25) is 0 Å². The molecule has 0 aliphatic heterocycles. The molecule has 0 spiro atoms. The summed E-state index contributed by atoms with van der Waals surface area (Å²) >= 11 is 0. The zero-order valence-electron chi connectivity index (χ0n) is 20.2. The van der Waals surface area contributed by atoms with Crippen LogP contribution in [-0.4, -0.2) is 35.0 Å². The first-order valence-electron chi connectivity index (χ1n) is 10.7. The van der Waals surface area contributed by atoms with Crippen LogP contribution in [0.4, 0.5) is 0 Å². The Labute approximate surface area is 197 Å². The first kappa shape index (κ1) is 26.3. The number of rotatable bonds is 5. The van der Waals surface area contributed by atoms with Crippen molar-refractivity contribution < 1.29 is 34.0 Å².